The van der Waals surface area contributed by atoms with Gasteiger partial charge in [0.05, 0.1) is 5.69 Å². The second kappa shape index (κ2) is 5.09. The molecule has 0 bridgehead atoms. The number of pyridine rings is 1. The number of aromatic nitrogens is 3. The lowest BCUT2D eigenvalue weighted by atomic mass is 10.0. The van der Waals surface area contributed by atoms with Gasteiger partial charge in [0.1, 0.15) is 0 Å². The van der Waals surface area contributed by atoms with Crippen molar-refractivity contribution < 1.29 is 0 Å². The summed E-state index contributed by atoms with van der Waals surface area (Å²) in [4.78, 5) is 13.7. The summed E-state index contributed by atoms with van der Waals surface area (Å²) in [6.07, 6.45) is 6.89. The van der Waals surface area contributed by atoms with Crippen molar-refractivity contribution in [1.29, 1.82) is 0 Å². The van der Waals surface area contributed by atoms with Gasteiger partial charge in [0.15, 0.2) is 5.82 Å². The highest BCUT2D eigenvalue weighted by Crippen LogP contribution is 2.33. The van der Waals surface area contributed by atoms with E-state index in [1.807, 2.05) is 24.3 Å². The summed E-state index contributed by atoms with van der Waals surface area (Å²) >= 11 is 0. The lowest BCUT2D eigenvalue weighted by Gasteiger charge is -2.10. The van der Waals surface area contributed by atoms with Gasteiger partial charge in [-0.2, -0.15) is 0 Å². The number of fused-ring (bicyclic) bond motifs is 1. The molecular formula is C18H15N3. The zero-order chi connectivity index (χ0) is 14.1. The molecule has 0 N–H and O–H groups in total. The second-order valence-electron chi connectivity index (χ2n) is 5.27. The summed E-state index contributed by atoms with van der Waals surface area (Å²) in [5, 5.41) is 0. The van der Waals surface area contributed by atoms with E-state index in [1.165, 1.54) is 17.7 Å². The van der Waals surface area contributed by atoms with Gasteiger partial charge in [-0.1, -0.05) is 30.3 Å². The summed E-state index contributed by atoms with van der Waals surface area (Å²) in [6.45, 7) is 0. The van der Waals surface area contributed by atoms with Crippen molar-refractivity contribution in [2.24, 2.45) is 0 Å². The van der Waals surface area contributed by atoms with Crippen molar-refractivity contribution in [2.45, 2.75) is 19.3 Å². The van der Waals surface area contributed by atoms with Gasteiger partial charge >= 0.3 is 0 Å². The van der Waals surface area contributed by atoms with E-state index < -0.39 is 0 Å². The highest BCUT2D eigenvalue weighted by molar-refractivity contribution is 5.71. The van der Waals surface area contributed by atoms with Crippen LogP contribution in [-0.2, 0) is 12.8 Å². The van der Waals surface area contributed by atoms with Crippen LogP contribution in [0.5, 0.6) is 0 Å². The Balaban J connectivity index is 1.92. The molecule has 0 atom stereocenters. The SMILES string of the molecule is c1ccc(-c2cc(-c3ncccn3)c3c(n2)CCC3)cc1. The van der Waals surface area contributed by atoms with Crippen LogP contribution in [0.25, 0.3) is 22.6 Å². The van der Waals surface area contributed by atoms with Crippen LogP contribution in [0.2, 0.25) is 0 Å². The highest BCUT2D eigenvalue weighted by atomic mass is 14.9. The summed E-state index contributed by atoms with van der Waals surface area (Å²) in [7, 11) is 0. The highest BCUT2D eigenvalue weighted by Gasteiger charge is 2.20. The first-order chi connectivity index (χ1) is 10.4. The molecule has 0 unspecified atom stereocenters. The van der Waals surface area contributed by atoms with Gasteiger partial charge in [-0.15, -0.1) is 0 Å². The molecule has 0 saturated carbocycles. The third kappa shape index (κ3) is 2.21. The molecule has 0 fully saturated rings. The molecule has 21 heavy (non-hydrogen) atoms. The first kappa shape index (κ1) is 12.2. The molecule has 3 nitrogen and oxygen atoms in total. The van der Waals surface area contributed by atoms with Gasteiger partial charge < -0.3 is 0 Å². The second-order valence-corrected chi connectivity index (χ2v) is 5.27. The van der Waals surface area contributed by atoms with Gasteiger partial charge in [-0.25, -0.2) is 9.97 Å². The first-order valence-electron chi connectivity index (χ1n) is 7.27. The molecule has 2 aromatic heterocycles. The van der Waals surface area contributed by atoms with Crippen LogP contribution >= 0.6 is 0 Å². The van der Waals surface area contributed by atoms with Crippen molar-refractivity contribution in [3.63, 3.8) is 0 Å². The van der Waals surface area contributed by atoms with Crippen LogP contribution in [-0.4, -0.2) is 15.0 Å². The van der Waals surface area contributed by atoms with Crippen molar-refractivity contribution in [1.82, 2.24) is 15.0 Å². The lowest BCUT2D eigenvalue weighted by molar-refractivity contribution is 0.900. The molecule has 2 heterocycles. The monoisotopic (exact) mass is 273 g/mol. The van der Waals surface area contributed by atoms with Crippen LogP contribution in [0.1, 0.15) is 17.7 Å². The third-order valence-corrected chi connectivity index (χ3v) is 3.93. The Kier molecular flexibility index (Phi) is 2.96. The van der Waals surface area contributed by atoms with E-state index in [0.717, 1.165) is 35.5 Å². The Labute approximate surface area is 123 Å². The predicted octanol–water partition coefficient (Wildman–Crippen LogP) is 3.69. The molecular weight excluding hydrogens is 258 g/mol. The van der Waals surface area contributed by atoms with Crippen LogP contribution in [0, 0.1) is 0 Å². The van der Waals surface area contributed by atoms with Crippen molar-refractivity contribution in [3.05, 3.63) is 66.1 Å². The van der Waals surface area contributed by atoms with Gasteiger partial charge in [0, 0.05) is 29.2 Å². The molecule has 3 heteroatoms. The van der Waals surface area contributed by atoms with E-state index in [1.54, 1.807) is 12.4 Å². The summed E-state index contributed by atoms with van der Waals surface area (Å²) in [6, 6.07) is 14.3. The molecule has 0 aliphatic heterocycles. The van der Waals surface area contributed by atoms with Crippen LogP contribution < -0.4 is 0 Å². The quantitative estimate of drug-likeness (QED) is 0.714. The smallest absolute Gasteiger partial charge is 0.159 e. The molecule has 4 rings (SSSR count). The van der Waals surface area contributed by atoms with Gasteiger partial charge in [0.25, 0.3) is 0 Å². The molecule has 0 saturated heterocycles. The van der Waals surface area contributed by atoms with Gasteiger partial charge in [-0.3, -0.25) is 4.98 Å². The van der Waals surface area contributed by atoms with Crippen molar-refractivity contribution in [3.8, 4) is 22.6 Å². The molecule has 1 aliphatic carbocycles. The average Bonchev–Trinajstić information content (AvgIpc) is 3.04. The minimum Gasteiger partial charge on any atom is -0.253 e. The van der Waals surface area contributed by atoms with Crippen LogP contribution in [0.4, 0.5) is 0 Å². The Bertz CT molecular complexity index is 767. The summed E-state index contributed by atoms with van der Waals surface area (Å²) in [5.41, 5.74) is 5.82. The number of aryl methyl sites for hydroxylation is 1. The molecule has 0 radical (unpaired) electrons. The maximum atomic E-state index is 4.85. The Morgan fingerprint density at radius 3 is 2.48 bits per heavy atom. The van der Waals surface area contributed by atoms with Crippen molar-refractivity contribution in [2.75, 3.05) is 0 Å². The fourth-order valence-electron chi connectivity index (χ4n) is 2.94. The molecule has 0 amide bonds. The van der Waals surface area contributed by atoms with Crippen LogP contribution in [0.3, 0.4) is 0 Å². The number of hydrogen-bond donors (Lipinski definition) is 0. The number of rotatable bonds is 2. The van der Waals surface area contributed by atoms with Gasteiger partial charge in [0.2, 0.25) is 0 Å². The Morgan fingerprint density at radius 2 is 1.67 bits per heavy atom. The number of benzene rings is 1. The largest absolute Gasteiger partial charge is 0.253 e. The van der Waals surface area contributed by atoms with E-state index in [-0.39, 0.29) is 0 Å². The minimum atomic E-state index is 0.801. The predicted molar refractivity (Wildman–Crippen MR) is 82.7 cm³/mol. The fourth-order valence-corrected chi connectivity index (χ4v) is 2.94. The summed E-state index contributed by atoms with van der Waals surface area (Å²) in [5.74, 6) is 0.801. The maximum absolute atomic E-state index is 4.85. The maximum Gasteiger partial charge on any atom is 0.159 e. The van der Waals surface area contributed by atoms with Crippen molar-refractivity contribution >= 4 is 0 Å². The molecule has 102 valence electrons. The van der Waals surface area contributed by atoms with Gasteiger partial charge in [-0.05, 0) is 37.0 Å². The zero-order valence-corrected chi connectivity index (χ0v) is 11.7. The lowest BCUT2D eigenvalue weighted by Crippen LogP contribution is -1.98. The van der Waals surface area contributed by atoms with E-state index in [4.69, 9.17) is 4.98 Å². The fraction of sp³-hybridized carbons (Fsp3) is 0.167. The van der Waals surface area contributed by atoms with E-state index in [0.29, 0.717) is 0 Å². The Morgan fingerprint density at radius 1 is 0.857 bits per heavy atom. The topological polar surface area (TPSA) is 38.7 Å². The van der Waals surface area contributed by atoms with E-state index >= 15 is 0 Å². The number of nitrogens with zero attached hydrogens (tertiary/aromatic N) is 3. The standard InChI is InChI=1S/C18H15N3/c1-2-6-13(7-3-1)17-12-15(18-19-10-5-11-20-18)14-8-4-9-16(14)21-17/h1-3,5-7,10-12H,4,8-9H2. The minimum absolute atomic E-state index is 0.801. The number of hydrogen-bond acceptors (Lipinski definition) is 3. The zero-order valence-electron chi connectivity index (χ0n) is 11.7. The summed E-state index contributed by atoms with van der Waals surface area (Å²) < 4.78 is 0. The molecule has 0 spiro atoms. The normalized spacial score (nSPS) is 13.1. The van der Waals surface area contributed by atoms with E-state index in [2.05, 4.69) is 28.2 Å². The van der Waals surface area contributed by atoms with Crippen LogP contribution in [0.15, 0.2) is 54.9 Å². The van der Waals surface area contributed by atoms with E-state index in [9.17, 15) is 0 Å². The Hall–Kier alpha value is -2.55. The molecule has 1 aromatic carbocycles. The average molecular weight is 273 g/mol. The molecule has 1 aliphatic rings. The third-order valence-electron chi connectivity index (χ3n) is 3.93. The molecule has 3 aromatic rings. The first-order valence-corrected chi connectivity index (χ1v) is 7.27.